The van der Waals surface area contributed by atoms with E-state index in [0.29, 0.717) is 33.5 Å². The van der Waals surface area contributed by atoms with E-state index in [1.165, 1.54) is 18.3 Å². The van der Waals surface area contributed by atoms with E-state index < -0.39 is 24.5 Å². The summed E-state index contributed by atoms with van der Waals surface area (Å²) >= 11 is 0. The predicted octanol–water partition coefficient (Wildman–Crippen LogP) is 1.64. The summed E-state index contributed by atoms with van der Waals surface area (Å²) in [6.07, 6.45) is 1.43. The Morgan fingerprint density at radius 3 is 2.63 bits per heavy atom. The third kappa shape index (κ3) is 4.16. The SMILES string of the molecule is COc1cccc(C(=O)NN(C(=O)c2ccc3c(c2)C=NOB3O)C(C)(C)C)c1C. The van der Waals surface area contributed by atoms with Crippen LogP contribution in [0.15, 0.2) is 41.6 Å². The lowest BCUT2D eigenvalue weighted by Crippen LogP contribution is -2.56. The molecule has 2 amide bonds. The first kappa shape index (κ1) is 21.4. The molecule has 1 aliphatic rings. The molecule has 2 aromatic carbocycles. The second-order valence-electron chi connectivity index (χ2n) is 7.92. The fraction of sp³-hybridized carbons (Fsp3) is 0.286. The van der Waals surface area contributed by atoms with Crippen LogP contribution in [0.25, 0.3) is 0 Å². The standard InChI is InChI=1S/C21H24BN3O5/c1-13-16(7-6-8-18(13)29-5)19(26)24-25(21(2,3)4)20(27)14-9-10-17-15(11-14)12-23-30-22(17)28/h6-12,28H,1-5H3,(H,24,26). The van der Waals surface area contributed by atoms with Crippen LogP contribution >= 0.6 is 0 Å². The van der Waals surface area contributed by atoms with Crippen molar-refractivity contribution in [2.45, 2.75) is 33.2 Å². The molecule has 0 saturated carbocycles. The number of nitrogens with one attached hydrogen (secondary N) is 1. The normalized spacial score (nSPS) is 12.7. The third-order valence-electron chi connectivity index (χ3n) is 4.79. The molecule has 30 heavy (non-hydrogen) atoms. The Labute approximate surface area is 175 Å². The number of hydrazine groups is 1. The van der Waals surface area contributed by atoms with Crippen LogP contribution in [0.4, 0.5) is 0 Å². The highest BCUT2D eigenvalue weighted by Crippen LogP contribution is 2.22. The van der Waals surface area contributed by atoms with Gasteiger partial charge in [0, 0.05) is 22.2 Å². The van der Waals surface area contributed by atoms with E-state index in [1.807, 2.05) is 20.8 Å². The van der Waals surface area contributed by atoms with Crippen molar-refractivity contribution < 1.29 is 24.1 Å². The molecule has 2 aromatic rings. The van der Waals surface area contributed by atoms with Gasteiger partial charge in [0.15, 0.2) is 0 Å². The summed E-state index contributed by atoms with van der Waals surface area (Å²) in [6, 6.07) is 9.96. The van der Waals surface area contributed by atoms with Crippen molar-refractivity contribution in [3.05, 3.63) is 58.7 Å². The number of carbonyl (C=O) groups excluding carboxylic acids is 2. The minimum absolute atomic E-state index is 0.340. The fourth-order valence-corrected chi connectivity index (χ4v) is 3.14. The van der Waals surface area contributed by atoms with E-state index in [9.17, 15) is 14.6 Å². The molecule has 1 heterocycles. The van der Waals surface area contributed by atoms with Gasteiger partial charge in [-0.1, -0.05) is 12.1 Å². The fourth-order valence-electron chi connectivity index (χ4n) is 3.14. The van der Waals surface area contributed by atoms with Crippen molar-refractivity contribution in [1.29, 1.82) is 0 Å². The van der Waals surface area contributed by atoms with Gasteiger partial charge in [0.25, 0.3) is 11.8 Å². The number of rotatable bonds is 3. The zero-order valence-electron chi connectivity index (χ0n) is 17.6. The Balaban J connectivity index is 1.91. The molecule has 1 aliphatic heterocycles. The van der Waals surface area contributed by atoms with Gasteiger partial charge in [-0.05, 0) is 57.5 Å². The van der Waals surface area contributed by atoms with E-state index in [2.05, 4.69) is 10.6 Å². The monoisotopic (exact) mass is 409 g/mol. The maximum absolute atomic E-state index is 13.3. The van der Waals surface area contributed by atoms with Crippen LogP contribution in [-0.2, 0) is 4.76 Å². The third-order valence-corrected chi connectivity index (χ3v) is 4.79. The molecule has 0 unspecified atom stereocenters. The van der Waals surface area contributed by atoms with E-state index >= 15 is 0 Å². The second kappa shape index (κ2) is 8.20. The summed E-state index contributed by atoms with van der Waals surface area (Å²) in [5.41, 5.74) is 4.55. The van der Waals surface area contributed by atoms with E-state index in [4.69, 9.17) is 9.49 Å². The molecule has 156 valence electrons. The quantitative estimate of drug-likeness (QED) is 0.593. The van der Waals surface area contributed by atoms with E-state index in [0.717, 1.165) is 0 Å². The maximum Gasteiger partial charge on any atom is 0.583 e. The Kier molecular flexibility index (Phi) is 5.84. The number of oxime groups is 1. The van der Waals surface area contributed by atoms with Gasteiger partial charge < -0.3 is 14.5 Å². The molecule has 3 rings (SSSR count). The molecule has 2 N–H and O–H groups in total. The number of ether oxygens (including phenoxy) is 1. The van der Waals surface area contributed by atoms with Crippen molar-refractivity contribution in [3.8, 4) is 5.75 Å². The highest BCUT2D eigenvalue weighted by atomic mass is 16.6. The Bertz CT molecular complexity index is 1020. The molecule has 0 bridgehead atoms. The lowest BCUT2D eigenvalue weighted by molar-refractivity contribution is 0.0358. The first-order valence-electron chi connectivity index (χ1n) is 9.44. The highest BCUT2D eigenvalue weighted by molar-refractivity contribution is 6.62. The van der Waals surface area contributed by atoms with Gasteiger partial charge in [0.1, 0.15) is 5.75 Å². The van der Waals surface area contributed by atoms with Crippen LogP contribution in [0.1, 0.15) is 52.6 Å². The highest BCUT2D eigenvalue weighted by Gasteiger charge is 2.32. The van der Waals surface area contributed by atoms with Crippen LogP contribution in [0.3, 0.4) is 0 Å². The summed E-state index contributed by atoms with van der Waals surface area (Å²) in [6.45, 7) is 7.25. The van der Waals surface area contributed by atoms with E-state index in [1.54, 1.807) is 43.3 Å². The maximum atomic E-state index is 13.3. The van der Waals surface area contributed by atoms with E-state index in [-0.39, 0.29) is 0 Å². The van der Waals surface area contributed by atoms with Gasteiger partial charge in [-0.25, -0.2) is 5.01 Å². The first-order valence-corrected chi connectivity index (χ1v) is 9.44. The lowest BCUT2D eigenvalue weighted by Gasteiger charge is -2.35. The van der Waals surface area contributed by atoms with Crippen LogP contribution in [0.2, 0.25) is 0 Å². The Hall–Kier alpha value is -3.33. The Morgan fingerprint density at radius 1 is 1.23 bits per heavy atom. The minimum atomic E-state index is -1.18. The number of methoxy groups -OCH3 is 1. The molecular weight excluding hydrogens is 385 g/mol. The molecule has 0 aromatic heterocycles. The summed E-state index contributed by atoms with van der Waals surface area (Å²) in [4.78, 5) is 26.3. The molecule has 0 saturated heterocycles. The summed E-state index contributed by atoms with van der Waals surface area (Å²) in [5.74, 6) is -0.224. The number of hydrogen-bond acceptors (Lipinski definition) is 6. The molecule has 0 radical (unpaired) electrons. The zero-order valence-corrected chi connectivity index (χ0v) is 17.6. The van der Waals surface area contributed by atoms with Crippen molar-refractivity contribution in [1.82, 2.24) is 10.4 Å². The van der Waals surface area contributed by atoms with Gasteiger partial charge in [-0.3, -0.25) is 15.0 Å². The van der Waals surface area contributed by atoms with Crippen molar-refractivity contribution >= 4 is 30.6 Å². The molecular formula is C21H24BN3O5. The molecule has 0 aliphatic carbocycles. The number of amides is 2. The average Bonchev–Trinajstić information content (AvgIpc) is 2.70. The molecule has 0 fully saturated rings. The van der Waals surface area contributed by atoms with Crippen LogP contribution in [0.5, 0.6) is 5.75 Å². The number of fused-ring (bicyclic) bond motifs is 1. The first-order chi connectivity index (χ1) is 14.1. The predicted molar refractivity (Wildman–Crippen MR) is 114 cm³/mol. The van der Waals surface area contributed by atoms with Crippen LogP contribution < -0.4 is 15.6 Å². The molecule has 0 spiro atoms. The van der Waals surface area contributed by atoms with Gasteiger partial charge in [-0.2, -0.15) is 0 Å². The van der Waals surface area contributed by atoms with Gasteiger partial charge in [0.2, 0.25) is 0 Å². The summed E-state index contributed by atoms with van der Waals surface area (Å²) in [5, 5.41) is 14.8. The smallest absolute Gasteiger partial charge is 0.496 e. The van der Waals surface area contributed by atoms with Crippen LogP contribution in [0, 0.1) is 6.92 Å². The Morgan fingerprint density at radius 2 is 1.97 bits per heavy atom. The molecule has 8 nitrogen and oxygen atoms in total. The summed E-state index contributed by atoms with van der Waals surface area (Å²) in [7, 11) is 0.361. The zero-order chi connectivity index (χ0) is 22.1. The van der Waals surface area contributed by atoms with Crippen molar-refractivity contribution in [2.24, 2.45) is 5.16 Å². The van der Waals surface area contributed by atoms with Crippen molar-refractivity contribution in [3.63, 3.8) is 0 Å². The number of benzene rings is 2. The molecule has 0 atom stereocenters. The topological polar surface area (TPSA) is 100 Å². The van der Waals surface area contributed by atoms with Crippen molar-refractivity contribution in [2.75, 3.05) is 7.11 Å². The number of carbonyl (C=O) groups is 2. The van der Waals surface area contributed by atoms with Crippen LogP contribution in [-0.4, -0.2) is 47.8 Å². The minimum Gasteiger partial charge on any atom is -0.496 e. The molecule has 9 heteroatoms. The summed E-state index contributed by atoms with van der Waals surface area (Å²) < 4.78 is 10.1. The second-order valence-corrected chi connectivity index (χ2v) is 7.92. The number of nitrogens with zero attached hydrogens (tertiary/aromatic N) is 2. The lowest BCUT2D eigenvalue weighted by atomic mass is 9.76. The van der Waals surface area contributed by atoms with Gasteiger partial charge in [0.05, 0.1) is 18.9 Å². The average molecular weight is 409 g/mol. The number of hydrogen-bond donors (Lipinski definition) is 2. The largest absolute Gasteiger partial charge is 0.583 e. The van der Waals surface area contributed by atoms with Gasteiger partial charge >= 0.3 is 7.12 Å². The van der Waals surface area contributed by atoms with Gasteiger partial charge in [-0.15, -0.1) is 5.16 Å².